The highest BCUT2D eigenvalue weighted by Gasteiger charge is 2.23. The molecule has 0 saturated heterocycles. The Kier molecular flexibility index (Phi) is 5.78. The standard InChI is InChI=1S/C16H22N2O5/c1-10-8-9-13(22-10)15(20)23-11(2)14(19)18-16(21)17-12-6-4-3-5-7-12/h8-9,11-12H,3-7H2,1-2H3,(H2,17,18,19,21)/t11-/m1/s1. The summed E-state index contributed by atoms with van der Waals surface area (Å²) in [5.41, 5.74) is 0. The molecule has 2 N–H and O–H groups in total. The van der Waals surface area contributed by atoms with Gasteiger partial charge in [0.25, 0.3) is 5.91 Å². The normalized spacial score (nSPS) is 16.4. The lowest BCUT2D eigenvalue weighted by atomic mass is 9.96. The van der Waals surface area contributed by atoms with E-state index in [2.05, 4.69) is 10.6 Å². The number of ether oxygens (including phenoxy) is 1. The highest BCUT2D eigenvalue weighted by Crippen LogP contribution is 2.17. The van der Waals surface area contributed by atoms with Gasteiger partial charge in [-0.05, 0) is 38.8 Å². The minimum atomic E-state index is -1.09. The maximum absolute atomic E-state index is 11.9. The third kappa shape index (κ3) is 5.12. The van der Waals surface area contributed by atoms with Crippen LogP contribution in [0.25, 0.3) is 0 Å². The van der Waals surface area contributed by atoms with E-state index in [9.17, 15) is 14.4 Å². The van der Waals surface area contributed by atoms with Crippen LogP contribution in [0.1, 0.15) is 55.3 Å². The molecular formula is C16H22N2O5. The molecule has 0 aromatic carbocycles. The average molecular weight is 322 g/mol. The number of urea groups is 1. The number of aryl methyl sites for hydroxylation is 1. The summed E-state index contributed by atoms with van der Waals surface area (Å²) in [7, 11) is 0. The molecule has 0 spiro atoms. The van der Waals surface area contributed by atoms with Gasteiger partial charge in [-0.1, -0.05) is 19.3 Å². The molecule has 0 radical (unpaired) electrons. The van der Waals surface area contributed by atoms with Gasteiger partial charge in [-0.3, -0.25) is 10.1 Å². The molecule has 0 bridgehead atoms. The third-order valence-corrected chi connectivity index (χ3v) is 3.77. The van der Waals surface area contributed by atoms with E-state index in [1.165, 1.54) is 19.4 Å². The summed E-state index contributed by atoms with van der Waals surface area (Å²) in [6, 6.07) is 2.64. The number of imide groups is 1. The Morgan fingerprint density at radius 1 is 1.22 bits per heavy atom. The maximum atomic E-state index is 11.9. The first kappa shape index (κ1) is 17.1. The van der Waals surface area contributed by atoms with E-state index in [1.807, 2.05) is 0 Å². The predicted octanol–water partition coefficient (Wildman–Crippen LogP) is 2.29. The topological polar surface area (TPSA) is 97.6 Å². The molecule has 23 heavy (non-hydrogen) atoms. The molecule has 7 heteroatoms. The Morgan fingerprint density at radius 3 is 2.52 bits per heavy atom. The van der Waals surface area contributed by atoms with E-state index in [0.29, 0.717) is 5.76 Å². The molecular weight excluding hydrogens is 300 g/mol. The summed E-state index contributed by atoms with van der Waals surface area (Å²) >= 11 is 0. The van der Waals surface area contributed by atoms with Crippen molar-refractivity contribution < 1.29 is 23.5 Å². The Labute approximate surface area is 134 Å². The molecule has 0 unspecified atom stereocenters. The minimum Gasteiger partial charge on any atom is -0.454 e. The first-order valence-corrected chi connectivity index (χ1v) is 7.84. The van der Waals surface area contributed by atoms with Crippen molar-refractivity contribution >= 4 is 17.9 Å². The number of carbonyl (C=O) groups excluding carboxylic acids is 3. The molecule has 1 aliphatic carbocycles. The number of carbonyl (C=O) groups is 3. The van der Waals surface area contributed by atoms with Crippen molar-refractivity contribution in [2.75, 3.05) is 0 Å². The van der Waals surface area contributed by atoms with Crippen LogP contribution in [0.4, 0.5) is 4.79 Å². The number of hydrogen-bond acceptors (Lipinski definition) is 5. The van der Waals surface area contributed by atoms with Gasteiger partial charge in [0.15, 0.2) is 6.10 Å². The second-order valence-electron chi connectivity index (χ2n) is 5.76. The highest BCUT2D eigenvalue weighted by molar-refractivity contribution is 5.98. The molecule has 7 nitrogen and oxygen atoms in total. The Morgan fingerprint density at radius 2 is 1.91 bits per heavy atom. The number of rotatable bonds is 4. The first-order chi connectivity index (χ1) is 11.0. The van der Waals surface area contributed by atoms with Crippen LogP contribution in [0.3, 0.4) is 0 Å². The SMILES string of the molecule is Cc1ccc(C(=O)O[C@H](C)C(=O)NC(=O)NC2CCCCC2)o1. The van der Waals surface area contributed by atoms with Crippen LogP contribution in [0.15, 0.2) is 16.5 Å². The molecule has 1 aromatic heterocycles. The third-order valence-electron chi connectivity index (χ3n) is 3.77. The van der Waals surface area contributed by atoms with Crippen LogP contribution in [0.5, 0.6) is 0 Å². The van der Waals surface area contributed by atoms with Crippen LogP contribution >= 0.6 is 0 Å². The lowest BCUT2D eigenvalue weighted by molar-refractivity contribution is -0.128. The zero-order chi connectivity index (χ0) is 16.8. The van der Waals surface area contributed by atoms with E-state index >= 15 is 0 Å². The van der Waals surface area contributed by atoms with E-state index < -0.39 is 24.0 Å². The molecule has 0 aliphatic heterocycles. The van der Waals surface area contributed by atoms with Gasteiger partial charge in [-0.25, -0.2) is 9.59 Å². The van der Waals surface area contributed by atoms with Crippen LogP contribution in [0.2, 0.25) is 0 Å². The van der Waals surface area contributed by atoms with Crippen LogP contribution in [-0.4, -0.2) is 30.1 Å². The fourth-order valence-corrected chi connectivity index (χ4v) is 2.50. The largest absolute Gasteiger partial charge is 0.454 e. The molecule has 3 amide bonds. The smallest absolute Gasteiger partial charge is 0.375 e. The van der Waals surface area contributed by atoms with Crippen molar-refractivity contribution in [1.29, 1.82) is 0 Å². The minimum absolute atomic E-state index is 0.0220. The summed E-state index contributed by atoms with van der Waals surface area (Å²) in [4.78, 5) is 35.4. The number of furan rings is 1. The molecule has 1 atom stereocenters. The molecule has 1 heterocycles. The van der Waals surface area contributed by atoms with Crippen molar-refractivity contribution in [3.63, 3.8) is 0 Å². The van der Waals surface area contributed by atoms with E-state index in [4.69, 9.17) is 9.15 Å². The van der Waals surface area contributed by atoms with Crippen LogP contribution in [-0.2, 0) is 9.53 Å². The summed E-state index contributed by atoms with van der Waals surface area (Å²) in [5, 5.41) is 4.96. The molecule has 1 fully saturated rings. The van der Waals surface area contributed by atoms with Gasteiger partial charge in [0, 0.05) is 6.04 Å². The quantitative estimate of drug-likeness (QED) is 0.829. The number of esters is 1. The second kappa shape index (κ2) is 7.80. The van der Waals surface area contributed by atoms with E-state index in [-0.39, 0.29) is 11.8 Å². The van der Waals surface area contributed by atoms with Gasteiger partial charge in [0.2, 0.25) is 5.76 Å². The van der Waals surface area contributed by atoms with Crippen molar-refractivity contribution in [3.05, 3.63) is 23.7 Å². The fraction of sp³-hybridized carbons (Fsp3) is 0.562. The lowest BCUT2D eigenvalue weighted by Crippen LogP contribution is -2.48. The van der Waals surface area contributed by atoms with Gasteiger partial charge in [-0.2, -0.15) is 0 Å². The number of hydrogen-bond donors (Lipinski definition) is 2. The summed E-state index contributed by atoms with van der Waals surface area (Å²) in [6.07, 6.45) is 4.08. The van der Waals surface area contributed by atoms with E-state index in [1.54, 1.807) is 13.0 Å². The summed E-state index contributed by atoms with van der Waals surface area (Å²) < 4.78 is 10.1. The fourth-order valence-electron chi connectivity index (χ4n) is 2.50. The monoisotopic (exact) mass is 322 g/mol. The number of amides is 3. The summed E-state index contributed by atoms with van der Waals surface area (Å²) in [6.45, 7) is 3.10. The summed E-state index contributed by atoms with van der Waals surface area (Å²) in [5.74, 6) is -0.821. The highest BCUT2D eigenvalue weighted by atomic mass is 16.6. The van der Waals surface area contributed by atoms with E-state index in [0.717, 1.165) is 25.7 Å². The van der Waals surface area contributed by atoms with Gasteiger partial charge in [0.05, 0.1) is 0 Å². The zero-order valence-electron chi connectivity index (χ0n) is 13.4. The van der Waals surface area contributed by atoms with Crippen molar-refractivity contribution in [1.82, 2.24) is 10.6 Å². The molecule has 126 valence electrons. The number of nitrogens with one attached hydrogen (secondary N) is 2. The zero-order valence-corrected chi connectivity index (χ0v) is 13.4. The molecule has 1 aliphatic rings. The van der Waals surface area contributed by atoms with Crippen molar-refractivity contribution in [3.8, 4) is 0 Å². The van der Waals surface area contributed by atoms with Crippen LogP contribution in [0, 0.1) is 6.92 Å². The second-order valence-corrected chi connectivity index (χ2v) is 5.76. The van der Waals surface area contributed by atoms with Crippen molar-refractivity contribution in [2.45, 2.75) is 58.1 Å². The Hall–Kier alpha value is -2.31. The van der Waals surface area contributed by atoms with Crippen LogP contribution < -0.4 is 10.6 Å². The molecule has 2 rings (SSSR count). The average Bonchev–Trinajstić information content (AvgIpc) is 2.94. The predicted molar refractivity (Wildman–Crippen MR) is 81.9 cm³/mol. The molecule has 1 saturated carbocycles. The Balaban J connectivity index is 1.77. The molecule has 1 aromatic rings. The lowest BCUT2D eigenvalue weighted by Gasteiger charge is -2.23. The van der Waals surface area contributed by atoms with Crippen molar-refractivity contribution in [2.24, 2.45) is 0 Å². The first-order valence-electron chi connectivity index (χ1n) is 7.84. The maximum Gasteiger partial charge on any atom is 0.375 e. The van der Waals surface area contributed by atoms with Gasteiger partial charge >= 0.3 is 12.0 Å². The van der Waals surface area contributed by atoms with Gasteiger partial charge in [0.1, 0.15) is 5.76 Å². The Bertz CT molecular complexity index is 575. The van der Waals surface area contributed by atoms with Gasteiger partial charge in [-0.15, -0.1) is 0 Å². The van der Waals surface area contributed by atoms with Gasteiger partial charge < -0.3 is 14.5 Å².